The van der Waals surface area contributed by atoms with Crippen molar-refractivity contribution in [3.05, 3.63) is 12.7 Å². The molecule has 0 aliphatic heterocycles. The van der Waals surface area contributed by atoms with Gasteiger partial charge in [0.15, 0.2) is 9.84 Å². The summed E-state index contributed by atoms with van der Waals surface area (Å²) < 4.78 is 23.1. The zero-order valence-corrected chi connectivity index (χ0v) is 11.5. The van der Waals surface area contributed by atoms with Crippen LogP contribution in [0.4, 0.5) is 0 Å². The minimum atomic E-state index is -3.47. The van der Waals surface area contributed by atoms with Crippen LogP contribution in [0.3, 0.4) is 0 Å². The van der Waals surface area contributed by atoms with Crippen LogP contribution in [0.5, 0.6) is 0 Å². The molecule has 0 aromatic carbocycles. The highest BCUT2D eigenvalue weighted by atomic mass is 32.2. The molecule has 0 rings (SSSR count). The average Bonchev–Trinajstić information content (AvgIpc) is 2.26. The van der Waals surface area contributed by atoms with Crippen molar-refractivity contribution in [1.29, 1.82) is 0 Å². The zero-order valence-electron chi connectivity index (χ0n) is 10.7. The van der Waals surface area contributed by atoms with Crippen molar-refractivity contribution in [2.24, 2.45) is 0 Å². The van der Waals surface area contributed by atoms with Crippen LogP contribution in [-0.4, -0.2) is 44.3 Å². The summed E-state index contributed by atoms with van der Waals surface area (Å²) in [6.07, 6.45) is 1.81. The molecule has 0 spiro atoms. The van der Waals surface area contributed by atoms with Gasteiger partial charge in [0, 0.05) is 20.0 Å². The lowest BCUT2D eigenvalue weighted by Gasteiger charge is -2.12. The van der Waals surface area contributed by atoms with Crippen LogP contribution in [-0.2, 0) is 19.4 Å². The van der Waals surface area contributed by atoms with Gasteiger partial charge in [0.05, 0.1) is 5.75 Å². The first-order valence-corrected chi connectivity index (χ1v) is 7.37. The topological polar surface area (TPSA) is 92.3 Å². The maximum absolute atomic E-state index is 11.6. The summed E-state index contributed by atoms with van der Waals surface area (Å²) in [4.78, 5) is 22.1. The molecule has 1 atom stereocenters. The average molecular weight is 276 g/mol. The van der Waals surface area contributed by atoms with Crippen molar-refractivity contribution in [2.75, 3.05) is 18.8 Å². The third kappa shape index (κ3) is 6.39. The van der Waals surface area contributed by atoms with Crippen molar-refractivity contribution < 1.29 is 18.0 Å². The molecular formula is C11H20N2O4S. The first-order chi connectivity index (χ1) is 8.31. The van der Waals surface area contributed by atoms with Gasteiger partial charge < -0.3 is 10.6 Å². The molecule has 0 fully saturated rings. The fraction of sp³-hybridized carbons (Fsp3) is 0.636. The zero-order chi connectivity index (χ0) is 14.2. The number of carbonyl (C=O) groups is 2. The Hall–Kier alpha value is -1.37. The first-order valence-electron chi connectivity index (χ1n) is 5.66. The molecule has 0 bridgehead atoms. The molecule has 2 amide bonds. The molecule has 6 nitrogen and oxygen atoms in total. The number of amides is 2. The molecule has 0 aromatic heterocycles. The minimum Gasteiger partial charge on any atom is -0.356 e. The molecule has 7 heteroatoms. The van der Waals surface area contributed by atoms with E-state index in [-0.39, 0.29) is 11.7 Å². The second kappa shape index (κ2) is 7.86. The van der Waals surface area contributed by atoms with Gasteiger partial charge >= 0.3 is 0 Å². The number of hydrogen-bond donors (Lipinski definition) is 2. The van der Waals surface area contributed by atoms with E-state index >= 15 is 0 Å². The molecule has 0 aromatic rings. The number of rotatable bonds is 8. The second-order valence-corrected chi connectivity index (χ2v) is 6.25. The van der Waals surface area contributed by atoms with E-state index in [9.17, 15) is 18.0 Å². The fourth-order valence-corrected chi connectivity index (χ4v) is 2.21. The number of hydrogen-bond acceptors (Lipinski definition) is 4. The third-order valence-electron chi connectivity index (χ3n) is 2.28. The van der Waals surface area contributed by atoms with Gasteiger partial charge in [-0.2, -0.15) is 0 Å². The van der Waals surface area contributed by atoms with Gasteiger partial charge in [-0.05, 0) is 13.3 Å². The van der Waals surface area contributed by atoms with Gasteiger partial charge in [-0.3, -0.25) is 9.59 Å². The Bertz CT molecular complexity index is 403. The van der Waals surface area contributed by atoms with E-state index in [2.05, 4.69) is 17.2 Å². The lowest BCUT2D eigenvalue weighted by molar-refractivity contribution is -0.120. The molecule has 0 radical (unpaired) electrons. The van der Waals surface area contributed by atoms with Crippen LogP contribution < -0.4 is 10.6 Å². The summed E-state index contributed by atoms with van der Waals surface area (Å²) >= 11 is 0. The van der Waals surface area contributed by atoms with E-state index in [4.69, 9.17) is 0 Å². The van der Waals surface area contributed by atoms with Gasteiger partial charge in [-0.15, -0.1) is 6.58 Å². The van der Waals surface area contributed by atoms with Crippen LogP contribution in [0.15, 0.2) is 12.7 Å². The molecule has 0 saturated carbocycles. The first kappa shape index (κ1) is 16.6. The predicted octanol–water partition coefficient (Wildman–Crippen LogP) is -0.382. The van der Waals surface area contributed by atoms with E-state index in [0.29, 0.717) is 19.5 Å². The van der Waals surface area contributed by atoms with Gasteiger partial charge in [-0.25, -0.2) is 8.42 Å². The quantitative estimate of drug-likeness (QED) is 0.467. The molecule has 2 N–H and O–H groups in total. The molecule has 0 saturated heterocycles. The summed E-state index contributed by atoms with van der Waals surface area (Å²) in [7, 11) is -3.47. The third-order valence-corrected chi connectivity index (χ3v) is 4.28. The molecule has 1 unspecified atom stereocenters. The summed E-state index contributed by atoms with van der Waals surface area (Å²) in [6, 6.07) is 0. The van der Waals surface area contributed by atoms with Crippen molar-refractivity contribution in [1.82, 2.24) is 10.6 Å². The van der Waals surface area contributed by atoms with Crippen molar-refractivity contribution in [3.8, 4) is 0 Å². The van der Waals surface area contributed by atoms with Crippen LogP contribution in [0.1, 0.15) is 20.3 Å². The van der Waals surface area contributed by atoms with Crippen LogP contribution in [0.2, 0.25) is 0 Å². The highest BCUT2D eigenvalue weighted by molar-refractivity contribution is 7.92. The predicted molar refractivity (Wildman–Crippen MR) is 69.8 cm³/mol. The summed E-state index contributed by atoms with van der Waals surface area (Å²) in [5.41, 5.74) is 0. The molecule has 0 heterocycles. The molecule has 0 aliphatic rings. The number of carbonyl (C=O) groups excluding carboxylic acids is 2. The number of nitrogens with one attached hydrogen (secondary N) is 2. The monoisotopic (exact) mass is 276 g/mol. The van der Waals surface area contributed by atoms with Gasteiger partial charge in [0.1, 0.15) is 5.25 Å². The minimum absolute atomic E-state index is 0.136. The van der Waals surface area contributed by atoms with Crippen LogP contribution >= 0.6 is 0 Å². The van der Waals surface area contributed by atoms with Crippen molar-refractivity contribution >= 4 is 21.7 Å². The summed E-state index contributed by atoms with van der Waals surface area (Å²) in [5, 5.41) is 4.01. The Balaban J connectivity index is 4.03. The summed E-state index contributed by atoms with van der Waals surface area (Å²) in [5.74, 6) is -0.879. The van der Waals surface area contributed by atoms with E-state index < -0.39 is 21.0 Å². The van der Waals surface area contributed by atoms with Gasteiger partial charge in [0.25, 0.3) is 0 Å². The number of sulfone groups is 1. The lowest BCUT2D eigenvalue weighted by atomic mass is 10.4. The highest BCUT2D eigenvalue weighted by Crippen LogP contribution is 2.02. The van der Waals surface area contributed by atoms with Crippen molar-refractivity contribution in [3.63, 3.8) is 0 Å². The normalized spacial score (nSPS) is 12.6. The molecular weight excluding hydrogens is 256 g/mol. The SMILES string of the molecule is C=CCS(=O)(=O)C(C)C(=O)NCCCNC(C)=O. The largest absolute Gasteiger partial charge is 0.356 e. The van der Waals surface area contributed by atoms with Gasteiger partial charge in [0.2, 0.25) is 11.8 Å². The van der Waals surface area contributed by atoms with E-state index in [1.807, 2.05) is 0 Å². The fourth-order valence-electron chi connectivity index (χ4n) is 1.18. The standard InChI is InChI=1S/C11H20N2O4S/c1-4-8-18(16,17)9(2)11(15)13-7-5-6-12-10(3)14/h4,9H,1,5-8H2,2-3H3,(H,12,14)(H,13,15). The maximum atomic E-state index is 11.6. The second-order valence-electron chi connectivity index (χ2n) is 3.89. The summed E-state index contributed by atoms with van der Waals surface area (Å²) in [6.45, 7) is 6.87. The highest BCUT2D eigenvalue weighted by Gasteiger charge is 2.26. The maximum Gasteiger partial charge on any atom is 0.238 e. The molecule has 18 heavy (non-hydrogen) atoms. The lowest BCUT2D eigenvalue weighted by Crippen LogP contribution is -2.39. The Morgan fingerprint density at radius 1 is 1.28 bits per heavy atom. The van der Waals surface area contributed by atoms with E-state index in [1.54, 1.807) is 0 Å². The molecule has 104 valence electrons. The van der Waals surface area contributed by atoms with E-state index in [0.717, 1.165) is 0 Å². The van der Waals surface area contributed by atoms with Gasteiger partial charge in [-0.1, -0.05) is 6.08 Å². The molecule has 0 aliphatic carbocycles. The Morgan fingerprint density at radius 3 is 2.33 bits per heavy atom. The Kier molecular flexibility index (Phi) is 7.26. The smallest absolute Gasteiger partial charge is 0.238 e. The van der Waals surface area contributed by atoms with E-state index in [1.165, 1.54) is 19.9 Å². The Labute approximate surface area is 108 Å². The van der Waals surface area contributed by atoms with Crippen LogP contribution in [0, 0.1) is 0 Å². The Morgan fingerprint density at radius 2 is 1.83 bits per heavy atom. The van der Waals surface area contributed by atoms with Crippen molar-refractivity contribution in [2.45, 2.75) is 25.5 Å². The van der Waals surface area contributed by atoms with Crippen LogP contribution in [0.25, 0.3) is 0 Å².